The molecule has 1 N–H and O–H groups in total. The van der Waals surface area contributed by atoms with Gasteiger partial charge < -0.3 is 10.2 Å². The summed E-state index contributed by atoms with van der Waals surface area (Å²) in [6.45, 7) is 3.07. The average molecular weight is 452 g/mol. The van der Waals surface area contributed by atoms with Crippen LogP contribution in [0.25, 0.3) is 0 Å². The lowest BCUT2D eigenvalue weighted by Gasteiger charge is -2.35. The van der Waals surface area contributed by atoms with Crippen LogP contribution in [-0.2, 0) is 6.54 Å². The fourth-order valence-electron chi connectivity index (χ4n) is 3.73. The van der Waals surface area contributed by atoms with Crippen molar-refractivity contribution in [2.75, 3.05) is 31.5 Å². The highest BCUT2D eigenvalue weighted by Gasteiger charge is 2.24. The second-order valence-corrected chi connectivity index (χ2v) is 8.08. The Kier molecular flexibility index (Phi) is 6.83. The van der Waals surface area contributed by atoms with Gasteiger partial charge in [0.15, 0.2) is 0 Å². The zero-order valence-corrected chi connectivity index (χ0v) is 18.2. The number of amides is 2. The maximum Gasteiger partial charge on any atom is 0.256 e. The number of hydrogen-bond acceptors (Lipinski definition) is 3. The Morgan fingerprint density at radius 2 is 1.59 bits per heavy atom. The molecule has 0 aromatic heterocycles. The fraction of sp³-hybridized carbons (Fsp3) is 0.200. The second-order valence-electron chi connectivity index (χ2n) is 7.67. The first-order valence-electron chi connectivity index (χ1n) is 10.4. The van der Waals surface area contributed by atoms with E-state index in [-0.39, 0.29) is 17.6 Å². The van der Waals surface area contributed by atoms with Gasteiger partial charge in [-0.3, -0.25) is 14.5 Å². The molecule has 4 rings (SSSR count). The zero-order chi connectivity index (χ0) is 22.5. The number of benzene rings is 3. The standard InChI is InChI=1S/C25H23ClFN3O2/c26-22-16-20(27)11-10-19(22)17-29-12-14-30(15-13-29)25(32)21-8-4-5-9-23(21)28-24(31)18-6-2-1-3-7-18/h1-11,16H,12-15,17H2,(H,28,31). The van der Waals surface area contributed by atoms with E-state index in [1.807, 2.05) is 6.07 Å². The van der Waals surface area contributed by atoms with Crippen molar-refractivity contribution >= 4 is 29.1 Å². The first kappa shape index (κ1) is 22.0. The molecular formula is C25H23ClFN3O2. The van der Waals surface area contributed by atoms with Gasteiger partial charge in [0.05, 0.1) is 11.3 Å². The third kappa shape index (κ3) is 5.15. The monoisotopic (exact) mass is 451 g/mol. The van der Waals surface area contributed by atoms with E-state index in [9.17, 15) is 14.0 Å². The number of nitrogens with one attached hydrogen (secondary N) is 1. The van der Waals surface area contributed by atoms with Gasteiger partial charge in [-0.25, -0.2) is 4.39 Å². The van der Waals surface area contributed by atoms with Crippen LogP contribution in [-0.4, -0.2) is 47.8 Å². The lowest BCUT2D eigenvalue weighted by molar-refractivity contribution is 0.0629. The summed E-state index contributed by atoms with van der Waals surface area (Å²) in [5.41, 5.74) is 2.35. The van der Waals surface area contributed by atoms with E-state index in [4.69, 9.17) is 11.6 Å². The normalized spacial score (nSPS) is 14.2. The number of rotatable bonds is 5. The number of para-hydroxylation sites is 1. The smallest absolute Gasteiger partial charge is 0.256 e. The predicted molar refractivity (Wildman–Crippen MR) is 123 cm³/mol. The molecule has 1 heterocycles. The molecule has 164 valence electrons. The lowest BCUT2D eigenvalue weighted by Crippen LogP contribution is -2.48. The van der Waals surface area contributed by atoms with Crippen LogP contribution < -0.4 is 5.32 Å². The maximum absolute atomic E-state index is 13.3. The molecule has 7 heteroatoms. The molecule has 0 atom stereocenters. The van der Waals surface area contributed by atoms with Crippen molar-refractivity contribution in [2.45, 2.75) is 6.54 Å². The molecule has 0 saturated carbocycles. The minimum Gasteiger partial charge on any atom is -0.336 e. The highest BCUT2D eigenvalue weighted by molar-refractivity contribution is 6.31. The number of anilines is 1. The number of nitrogens with zero attached hydrogens (tertiary/aromatic N) is 2. The Bertz CT molecular complexity index is 1120. The van der Waals surface area contributed by atoms with Crippen LogP contribution in [0.1, 0.15) is 26.3 Å². The average Bonchev–Trinajstić information content (AvgIpc) is 2.82. The summed E-state index contributed by atoms with van der Waals surface area (Å²) >= 11 is 6.15. The highest BCUT2D eigenvalue weighted by atomic mass is 35.5. The van der Waals surface area contributed by atoms with E-state index in [1.165, 1.54) is 12.1 Å². The summed E-state index contributed by atoms with van der Waals surface area (Å²) in [6, 6.07) is 20.4. The largest absolute Gasteiger partial charge is 0.336 e. The minimum absolute atomic E-state index is 0.117. The molecule has 0 bridgehead atoms. The first-order chi connectivity index (χ1) is 15.5. The van der Waals surface area contributed by atoms with Crippen LogP contribution in [0.15, 0.2) is 72.8 Å². The first-order valence-corrected chi connectivity index (χ1v) is 10.8. The van der Waals surface area contributed by atoms with Gasteiger partial charge in [-0.15, -0.1) is 0 Å². The Hall–Kier alpha value is -3.22. The molecular weight excluding hydrogens is 429 g/mol. The van der Waals surface area contributed by atoms with Crippen molar-refractivity contribution in [3.05, 3.63) is 100 Å². The van der Waals surface area contributed by atoms with Gasteiger partial charge in [0.25, 0.3) is 11.8 Å². The molecule has 0 radical (unpaired) electrons. The summed E-state index contributed by atoms with van der Waals surface area (Å²) in [4.78, 5) is 29.7. The molecule has 0 aliphatic carbocycles. The van der Waals surface area contributed by atoms with Gasteiger partial charge in [0.1, 0.15) is 5.82 Å². The lowest BCUT2D eigenvalue weighted by atomic mass is 10.1. The summed E-state index contributed by atoms with van der Waals surface area (Å²) in [5.74, 6) is -0.729. The molecule has 3 aromatic carbocycles. The molecule has 2 amide bonds. The molecule has 1 saturated heterocycles. The molecule has 3 aromatic rings. The third-order valence-electron chi connectivity index (χ3n) is 5.51. The summed E-state index contributed by atoms with van der Waals surface area (Å²) in [7, 11) is 0. The predicted octanol–water partition coefficient (Wildman–Crippen LogP) is 4.69. The fourth-order valence-corrected chi connectivity index (χ4v) is 3.96. The van der Waals surface area contributed by atoms with Crippen molar-refractivity contribution in [1.82, 2.24) is 9.80 Å². The van der Waals surface area contributed by atoms with E-state index in [2.05, 4.69) is 10.2 Å². The van der Waals surface area contributed by atoms with Crippen molar-refractivity contribution < 1.29 is 14.0 Å². The van der Waals surface area contributed by atoms with E-state index >= 15 is 0 Å². The van der Waals surface area contributed by atoms with Crippen LogP contribution in [0.3, 0.4) is 0 Å². The molecule has 1 aliphatic heterocycles. The minimum atomic E-state index is -0.354. The van der Waals surface area contributed by atoms with Crippen LogP contribution in [0, 0.1) is 5.82 Å². The van der Waals surface area contributed by atoms with E-state index in [0.717, 1.165) is 5.56 Å². The molecule has 5 nitrogen and oxygen atoms in total. The van der Waals surface area contributed by atoms with Gasteiger partial charge in [0.2, 0.25) is 0 Å². The van der Waals surface area contributed by atoms with Gasteiger partial charge in [-0.2, -0.15) is 0 Å². The van der Waals surface area contributed by atoms with Crippen LogP contribution in [0.4, 0.5) is 10.1 Å². The van der Waals surface area contributed by atoms with Crippen molar-refractivity contribution in [2.24, 2.45) is 0 Å². The number of halogens is 2. The highest BCUT2D eigenvalue weighted by Crippen LogP contribution is 2.22. The second kappa shape index (κ2) is 9.94. The Morgan fingerprint density at radius 1 is 0.906 bits per heavy atom. The van der Waals surface area contributed by atoms with E-state index in [1.54, 1.807) is 59.5 Å². The van der Waals surface area contributed by atoms with Crippen molar-refractivity contribution in [3.63, 3.8) is 0 Å². The van der Waals surface area contributed by atoms with Gasteiger partial charge >= 0.3 is 0 Å². The third-order valence-corrected chi connectivity index (χ3v) is 5.86. The quantitative estimate of drug-likeness (QED) is 0.612. The van der Waals surface area contributed by atoms with E-state index in [0.29, 0.717) is 54.6 Å². The maximum atomic E-state index is 13.3. The molecule has 0 spiro atoms. The Morgan fingerprint density at radius 3 is 2.31 bits per heavy atom. The van der Waals surface area contributed by atoms with Crippen molar-refractivity contribution in [1.29, 1.82) is 0 Å². The zero-order valence-electron chi connectivity index (χ0n) is 17.4. The summed E-state index contributed by atoms with van der Waals surface area (Å²) in [5, 5.41) is 3.27. The molecule has 0 unspecified atom stereocenters. The molecule has 1 fully saturated rings. The number of carbonyl (C=O) groups is 2. The molecule has 32 heavy (non-hydrogen) atoms. The summed E-state index contributed by atoms with van der Waals surface area (Å²) < 4.78 is 13.3. The van der Waals surface area contributed by atoms with Gasteiger partial charge in [0, 0.05) is 43.3 Å². The number of carbonyl (C=O) groups excluding carboxylic acids is 2. The van der Waals surface area contributed by atoms with Crippen LogP contribution >= 0.6 is 11.6 Å². The summed E-state index contributed by atoms with van der Waals surface area (Å²) in [6.07, 6.45) is 0. The topological polar surface area (TPSA) is 52.7 Å². The van der Waals surface area contributed by atoms with Crippen molar-refractivity contribution in [3.8, 4) is 0 Å². The van der Waals surface area contributed by atoms with Gasteiger partial charge in [-0.1, -0.05) is 48.0 Å². The van der Waals surface area contributed by atoms with Crippen LogP contribution in [0.5, 0.6) is 0 Å². The number of hydrogen-bond donors (Lipinski definition) is 1. The SMILES string of the molecule is O=C(Nc1ccccc1C(=O)N1CCN(Cc2ccc(F)cc2Cl)CC1)c1ccccc1. The number of piperazine rings is 1. The van der Waals surface area contributed by atoms with E-state index < -0.39 is 0 Å². The van der Waals surface area contributed by atoms with Gasteiger partial charge in [-0.05, 0) is 42.0 Å². The Balaban J connectivity index is 1.40. The Labute approximate surface area is 191 Å². The van der Waals surface area contributed by atoms with Crippen LogP contribution in [0.2, 0.25) is 5.02 Å². The molecule has 1 aliphatic rings.